The Labute approximate surface area is 253 Å². The Balaban J connectivity index is 1.34. The molecule has 1 aromatic heterocycles. The van der Waals surface area contributed by atoms with E-state index in [9.17, 15) is 26.3 Å². The number of hydrogen-bond donors (Lipinski definition) is 0. The van der Waals surface area contributed by atoms with Crippen LogP contribution in [0.25, 0.3) is 33.6 Å². The Morgan fingerprint density at radius 3 is 1.71 bits per heavy atom. The lowest BCUT2D eigenvalue weighted by atomic mass is 9.97. The molecule has 0 saturated heterocycles. The first-order chi connectivity index (χ1) is 21.5. The van der Waals surface area contributed by atoms with Crippen molar-refractivity contribution in [3.8, 4) is 39.4 Å². The fourth-order valence-electron chi connectivity index (χ4n) is 4.73. The number of unbranched alkanes of at least 4 members (excludes halogenated alkanes) is 2. The molecule has 232 valence electrons. The van der Waals surface area contributed by atoms with Crippen LogP contribution in [0.2, 0.25) is 0 Å². The maximum Gasteiger partial charge on any atom is 0.429 e. The minimum absolute atomic E-state index is 0.0763. The van der Waals surface area contributed by atoms with Gasteiger partial charge in [-0.25, -0.2) is 36.3 Å². The van der Waals surface area contributed by atoms with Crippen molar-refractivity contribution in [1.29, 1.82) is 0 Å². The molecule has 0 unspecified atom stereocenters. The van der Waals surface area contributed by atoms with Gasteiger partial charge in [0.05, 0.1) is 5.56 Å². The van der Waals surface area contributed by atoms with E-state index in [-0.39, 0.29) is 34.4 Å². The molecule has 0 aliphatic heterocycles. The first-order valence-corrected chi connectivity index (χ1v) is 13.9. The Hall–Kier alpha value is -4.80. The SMILES string of the molecule is CCCCCc1cnc(-c2ccc(-c3ccc(-c4ccc(C(F)(F)Oc5cc(F)c(F)c(F)c5)c(F)c4)c(F)c3)c(F)c2)nc1. The van der Waals surface area contributed by atoms with Gasteiger partial charge in [0.25, 0.3) is 0 Å². The van der Waals surface area contributed by atoms with Gasteiger partial charge in [-0.2, -0.15) is 8.78 Å². The molecule has 0 aliphatic rings. The van der Waals surface area contributed by atoms with E-state index in [4.69, 9.17) is 0 Å². The highest BCUT2D eigenvalue weighted by Gasteiger charge is 2.38. The largest absolute Gasteiger partial charge is 0.429 e. The number of aryl methyl sites for hydroxylation is 1. The fraction of sp³-hybridized carbons (Fsp3) is 0.176. The van der Waals surface area contributed by atoms with E-state index >= 15 is 8.78 Å². The number of nitrogens with zero attached hydrogens (tertiary/aromatic N) is 2. The van der Waals surface area contributed by atoms with Gasteiger partial charge in [0.2, 0.25) is 0 Å². The van der Waals surface area contributed by atoms with Crippen molar-refractivity contribution in [3.05, 3.63) is 125 Å². The van der Waals surface area contributed by atoms with Gasteiger partial charge in [-0.3, -0.25) is 0 Å². The lowest BCUT2D eigenvalue weighted by Crippen LogP contribution is -2.23. The molecule has 0 bridgehead atoms. The van der Waals surface area contributed by atoms with Crippen LogP contribution in [0.1, 0.15) is 37.3 Å². The molecule has 5 rings (SSSR count). The van der Waals surface area contributed by atoms with Crippen LogP contribution >= 0.6 is 0 Å². The molecule has 5 aromatic rings. The Kier molecular flexibility index (Phi) is 9.17. The number of hydrogen-bond acceptors (Lipinski definition) is 3. The quantitative estimate of drug-likeness (QED) is 0.0877. The van der Waals surface area contributed by atoms with Crippen LogP contribution in [0.15, 0.2) is 79.1 Å². The zero-order chi connectivity index (χ0) is 32.3. The summed E-state index contributed by atoms with van der Waals surface area (Å²) in [7, 11) is 0. The van der Waals surface area contributed by atoms with Gasteiger partial charge in [0, 0.05) is 41.2 Å². The number of alkyl halides is 2. The van der Waals surface area contributed by atoms with E-state index in [0.717, 1.165) is 43.4 Å². The minimum atomic E-state index is -4.42. The molecule has 0 atom stereocenters. The smallest absolute Gasteiger partial charge is 0.429 e. The van der Waals surface area contributed by atoms with Crippen LogP contribution in [0.4, 0.5) is 35.1 Å². The first-order valence-electron chi connectivity index (χ1n) is 13.9. The lowest BCUT2D eigenvalue weighted by Gasteiger charge is -2.19. The predicted octanol–water partition coefficient (Wildman–Crippen LogP) is 10.2. The van der Waals surface area contributed by atoms with Crippen LogP contribution in [-0.2, 0) is 12.5 Å². The summed E-state index contributed by atoms with van der Waals surface area (Å²) in [6.07, 6.45) is 3.05. The molecular weight excluding hydrogens is 604 g/mol. The normalized spacial score (nSPS) is 11.6. The number of halogens is 8. The van der Waals surface area contributed by atoms with Crippen LogP contribution < -0.4 is 4.74 Å². The average molecular weight is 629 g/mol. The van der Waals surface area contributed by atoms with Gasteiger partial charge >= 0.3 is 6.11 Å². The fourth-order valence-corrected chi connectivity index (χ4v) is 4.73. The van der Waals surface area contributed by atoms with Crippen molar-refractivity contribution >= 4 is 0 Å². The van der Waals surface area contributed by atoms with Gasteiger partial charge in [0.15, 0.2) is 23.3 Å². The average Bonchev–Trinajstić information content (AvgIpc) is 3.00. The maximum atomic E-state index is 15.2. The van der Waals surface area contributed by atoms with Crippen LogP contribution in [0.3, 0.4) is 0 Å². The van der Waals surface area contributed by atoms with Gasteiger partial charge in [-0.1, -0.05) is 50.1 Å². The number of benzene rings is 4. The molecule has 0 amide bonds. The predicted molar refractivity (Wildman–Crippen MR) is 152 cm³/mol. The second-order valence-corrected chi connectivity index (χ2v) is 10.3. The zero-order valence-corrected chi connectivity index (χ0v) is 23.7. The van der Waals surface area contributed by atoms with Crippen molar-refractivity contribution in [2.75, 3.05) is 0 Å². The van der Waals surface area contributed by atoms with Crippen molar-refractivity contribution in [1.82, 2.24) is 9.97 Å². The molecule has 0 saturated carbocycles. The van der Waals surface area contributed by atoms with Crippen LogP contribution in [-0.4, -0.2) is 9.97 Å². The molecular formula is C34H24F8N2O. The molecule has 0 N–H and O–H groups in total. The number of rotatable bonds is 10. The summed E-state index contributed by atoms with van der Waals surface area (Å²) in [5.74, 6) is -9.24. The Morgan fingerprint density at radius 1 is 0.622 bits per heavy atom. The van der Waals surface area contributed by atoms with E-state index in [1.54, 1.807) is 18.5 Å². The van der Waals surface area contributed by atoms with E-state index < -0.39 is 52.3 Å². The molecule has 3 nitrogen and oxygen atoms in total. The lowest BCUT2D eigenvalue weighted by molar-refractivity contribution is -0.187. The third-order valence-electron chi connectivity index (χ3n) is 7.08. The van der Waals surface area contributed by atoms with Crippen molar-refractivity contribution < 1.29 is 39.9 Å². The summed E-state index contributed by atoms with van der Waals surface area (Å²) >= 11 is 0. The van der Waals surface area contributed by atoms with Crippen molar-refractivity contribution in [3.63, 3.8) is 0 Å². The van der Waals surface area contributed by atoms with E-state index in [1.807, 2.05) is 0 Å². The summed E-state index contributed by atoms with van der Waals surface area (Å²) in [5, 5.41) is 0. The Bertz CT molecular complexity index is 1820. The van der Waals surface area contributed by atoms with Gasteiger partial charge in [-0.15, -0.1) is 0 Å². The highest BCUT2D eigenvalue weighted by Crippen LogP contribution is 2.37. The van der Waals surface area contributed by atoms with Gasteiger partial charge in [-0.05, 0) is 53.8 Å². The molecule has 0 radical (unpaired) electrons. The zero-order valence-electron chi connectivity index (χ0n) is 23.7. The van der Waals surface area contributed by atoms with E-state index in [2.05, 4.69) is 21.6 Å². The number of ether oxygens (including phenoxy) is 1. The molecule has 1 heterocycles. The topological polar surface area (TPSA) is 35.0 Å². The number of aromatic nitrogens is 2. The molecule has 45 heavy (non-hydrogen) atoms. The summed E-state index contributed by atoms with van der Waals surface area (Å²) in [6.45, 7) is 2.11. The van der Waals surface area contributed by atoms with Gasteiger partial charge in [0.1, 0.15) is 23.2 Å². The standard InChI is InChI=1S/C34H24F8N2O/c1-2-3-4-5-19-17-43-33(44-18-19)22-7-10-25(28(36)14-22)20-6-9-24(27(35)12-20)21-8-11-26(29(37)13-21)34(41,42)45-23-15-30(38)32(40)31(39)16-23/h6-18H,2-5H2,1H3. The molecule has 4 aromatic carbocycles. The summed E-state index contributed by atoms with van der Waals surface area (Å²) < 4.78 is 119. The Morgan fingerprint density at radius 2 is 1.16 bits per heavy atom. The molecule has 0 aliphatic carbocycles. The summed E-state index contributed by atoms with van der Waals surface area (Å²) in [4.78, 5) is 8.65. The second kappa shape index (κ2) is 13.1. The highest BCUT2D eigenvalue weighted by molar-refractivity contribution is 5.73. The summed E-state index contributed by atoms with van der Waals surface area (Å²) in [5.41, 5.74) is 0.0530. The maximum absolute atomic E-state index is 15.2. The third-order valence-corrected chi connectivity index (χ3v) is 7.08. The van der Waals surface area contributed by atoms with Crippen molar-refractivity contribution in [2.45, 2.75) is 38.7 Å². The molecule has 0 fully saturated rings. The van der Waals surface area contributed by atoms with Crippen molar-refractivity contribution in [2.24, 2.45) is 0 Å². The highest BCUT2D eigenvalue weighted by atomic mass is 19.3. The van der Waals surface area contributed by atoms with E-state index in [1.165, 1.54) is 24.3 Å². The molecule has 0 spiro atoms. The molecule has 11 heteroatoms. The monoisotopic (exact) mass is 628 g/mol. The first kappa shape index (κ1) is 31.6. The second-order valence-electron chi connectivity index (χ2n) is 10.3. The van der Waals surface area contributed by atoms with Crippen LogP contribution in [0.5, 0.6) is 5.75 Å². The van der Waals surface area contributed by atoms with Gasteiger partial charge < -0.3 is 4.74 Å². The van der Waals surface area contributed by atoms with Crippen LogP contribution in [0, 0.1) is 34.9 Å². The summed E-state index contributed by atoms with van der Waals surface area (Å²) in [6, 6.07) is 10.5. The van der Waals surface area contributed by atoms with E-state index in [0.29, 0.717) is 23.5 Å². The third kappa shape index (κ3) is 6.97. The minimum Gasteiger partial charge on any atom is -0.429 e.